The van der Waals surface area contributed by atoms with E-state index in [1.54, 1.807) is 31.4 Å². The molecule has 0 bridgehead atoms. The molecule has 0 aliphatic carbocycles. The quantitative estimate of drug-likeness (QED) is 0.661. The van der Waals surface area contributed by atoms with Crippen molar-refractivity contribution in [3.05, 3.63) is 65.5 Å². The Morgan fingerprint density at radius 3 is 2.28 bits per heavy atom. The maximum Gasteiger partial charge on any atom is 0.271 e. The van der Waals surface area contributed by atoms with Gasteiger partial charge in [0.1, 0.15) is 9.96 Å². The van der Waals surface area contributed by atoms with Gasteiger partial charge in [-0.25, -0.2) is 8.42 Å². The largest absolute Gasteiger partial charge is 0.497 e. The lowest BCUT2D eigenvalue weighted by Crippen LogP contribution is -2.11. The number of nitrogens with one attached hydrogen (secondary N) is 2. The molecule has 0 aliphatic heterocycles. The van der Waals surface area contributed by atoms with Crippen LogP contribution in [0.15, 0.2) is 64.9 Å². The number of benzene rings is 2. The molecule has 3 rings (SSSR count). The molecular formula is C18H18N2O3S2. The molecule has 0 spiro atoms. The van der Waals surface area contributed by atoms with Gasteiger partial charge in [-0.05, 0) is 55.5 Å². The molecule has 7 heteroatoms. The van der Waals surface area contributed by atoms with Crippen molar-refractivity contribution in [2.45, 2.75) is 11.1 Å². The molecule has 3 aromatic rings. The lowest BCUT2D eigenvalue weighted by Gasteiger charge is -2.10. The molecule has 25 heavy (non-hydrogen) atoms. The van der Waals surface area contributed by atoms with Crippen molar-refractivity contribution < 1.29 is 13.2 Å². The molecule has 0 saturated heterocycles. The predicted octanol–water partition coefficient (Wildman–Crippen LogP) is 4.61. The third-order valence-corrected chi connectivity index (χ3v) is 6.35. The normalized spacial score (nSPS) is 11.1. The van der Waals surface area contributed by atoms with Crippen LogP contribution in [0, 0.1) is 6.92 Å². The van der Waals surface area contributed by atoms with E-state index in [9.17, 15) is 8.42 Å². The van der Waals surface area contributed by atoms with Crippen LogP contribution in [-0.2, 0) is 10.0 Å². The Labute approximate surface area is 151 Å². The molecule has 1 aromatic heterocycles. The average Bonchev–Trinajstić information content (AvgIpc) is 3.04. The number of hydrogen-bond acceptors (Lipinski definition) is 5. The van der Waals surface area contributed by atoms with Crippen LogP contribution in [0.4, 0.5) is 17.1 Å². The summed E-state index contributed by atoms with van der Waals surface area (Å²) in [6.45, 7) is 1.88. The highest BCUT2D eigenvalue weighted by Gasteiger charge is 2.16. The van der Waals surface area contributed by atoms with Crippen LogP contribution in [0.1, 0.15) is 4.88 Å². The van der Waals surface area contributed by atoms with Crippen LogP contribution in [0.25, 0.3) is 0 Å². The first kappa shape index (κ1) is 17.3. The van der Waals surface area contributed by atoms with E-state index in [0.717, 1.165) is 22.0 Å². The number of sulfonamides is 1. The first-order valence-electron chi connectivity index (χ1n) is 7.57. The summed E-state index contributed by atoms with van der Waals surface area (Å²) >= 11 is 1.25. The number of hydrogen-bond donors (Lipinski definition) is 2. The number of ether oxygens (including phenoxy) is 1. The Hall–Kier alpha value is -2.51. The van der Waals surface area contributed by atoms with E-state index in [1.165, 1.54) is 11.3 Å². The van der Waals surface area contributed by atoms with Gasteiger partial charge in [0.05, 0.1) is 7.11 Å². The second-order valence-electron chi connectivity index (χ2n) is 5.40. The van der Waals surface area contributed by atoms with E-state index in [1.807, 2.05) is 43.3 Å². The molecule has 1 heterocycles. The van der Waals surface area contributed by atoms with Crippen molar-refractivity contribution in [3.63, 3.8) is 0 Å². The van der Waals surface area contributed by atoms with Crippen molar-refractivity contribution in [1.29, 1.82) is 0 Å². The van der Waals surface area contributed by atoms with E-state index in [2.05, 4.69) is 10.0 Å². The minimum Gasteiger partial charge on any atom is -0.497 e. The van der Waals surface area contributed by atoms with E-state index < -0.39 is 10.0 Å². The Bertz CT molecular complexity index is 964. The van der Waals surface area contributed by atoms with Gasteiger partial charge in [0.2, 0.25) is 0 Å². The summed E-state index contributed by atoms with van der Waals surface area (Å²) in [5, 5.41) is 3.25. The highest BCUT2D eigenvalue weighted by atomic mass is 32.2. The van der Waals surface area contributed by atoms with E-state index in [-0.39, 0.29) is 0 Å². The second-order valence-corrected chi connectivity index (χ2v) is 8.60. The summed E-state index contributed by atoms with van der Waals surface area (Å²) < 4.78 is 32.8. The molecule has 2 aromatic carbocycles. The van der Waals surface area contributed by atoms with Gasteiger partial charge in [-0.3, -0.25) is 4.72 Å². The highest BCUT2D eigenvalue weighted by Crippen LogP contribution is 2.25. The van der Waals surface area contributed by atoms with Crippen LogP contribution < -0.4 is 14.8 Å². The predicted molar refractivity (Wildman–Crippen MR) is 103 cm³/mol. The fourth-order valence-electron chi connectivity index (χ4n) is 2.25. The highest BCUT2D eigenvalue weighted by molar-refractivity contribution is 7.94. The Morgan fingerprint density at radius 1 is 0.920 bits per heavy atom. The molecule has 0 aliphatic rings. The van der Waals surface area contributed by atoms with Gasteiger partial charge in [-0.2, -0.15) is 0 Å². The van der Waals surface area contributed by atoms with Crippen LogP contribution in [0.2, 0.25) is 0 Å². The molecule has 0 amide bonds. The lowest BCUT2D eigenvalue weighted by atomic mass is 10.2. The molecule has 5 nitrogen and oxygen atoms in total. The smallest absolute Gasteiger partial charge is 0.271 e. The molecule has 0 atom stereocenters. The van der Waals surface area contributed by atoms with Crippen molar-refractivity contribution in [3.8, 4) is 5.75 Å². The fraction of sp³-hybridized carbons (Fsp3) is 0.111. The van der Waals surface area contributed by atoms with Gasteiger partial charge < -0.3 is 10.1 Å². The Kier molecular flexibility index (Phi) is 4.96. The van der Waals surface area contributed by atoms with Crippen LogP contribution in [0.3, 0.4) is 0 Å². The number of methoxy groups -OCH3 is 1. The molecule has 0 unspecified atom stereocenters. The van der Waals surface area contributed by atoms with Gasteiger partial charge in [0, 0.05) is 28.0 Å². The van der Waals surface area contributed by atoms with Gasteiger partial charge in [0.25, 0.3) is 10.0 Å². The van der Waals surface area contributed by atoms with Crippen molar-refractivity contribution in [1.82, 2.24) is 0 Å². The average molecular weight is 374 g/mol. The van der Waals surface area contributed by atoms with Crippen molar-refractivity contribution >= 4 is 38.4 Å². The third-order valence-electron chi connectivity index (χ3n) is 3.48. The summed E-state index contributed by atoms with van der Waals surface area (Å²) in [4.78, 5) is 0.957. The third kappa shape index (κ3) is 4.32. The fourth-order valence-corrected chi connectivity index (χ4v) is 4.59. The van der Waals surface area contributed by atoms with Crippen LogP contribution in [-0.4, -0.2) is 15.5 Å². The van der Waals surface area contributed by atoms with E-state index in [4.69, 9.17) is 4.74 Å². The number of anilines is 3. The standard InChI is InChI=1S/C18H18N2O3S2/c1-13-6-11-18(24-13)25(21,22)20-15-9-7-14(8-10-15)19-16-4-3-5-17(12-16)23-2/h3-12,19-20H,1-2H3. The number of thiophene rings is 1. The summed E-state index contributed by atoms with van der Waals surface area (Å²) in [6, 6.07) is 18.1. The zero-order chi connectivity index (χ0) is 17.9. The first-order valence-corrected chi connectivity index (χ1v) is 9.87. The molecule has 130 valence electrons. The first-order chi connectivity index (χ1) is 12.0. The van der Waals surface area contributed by atoms with Gasteiger partial charge in [-0.1, -0.05) is 6.07 Å². The lowest BCUT2D eigenvalue weighted by molar-refractivity contribution is 0.415. The molecular weight excluding hydrogens is 356 g/mol. The van der Waals surface area contributed by atoms with Gasteiger partial charge >= 0.3 is 0 Å². The molecule has 0 saturated carbocycles. The van der Waals surface area contributed by atoms with Crippen molar-refractivity contribution in [2.75, 3.05) is 17.1 Å². The molecule has 2 N–H and O–H groups in total. The summed E-state index contributed by atoms with van der Waals surface area (Å²) in [5.41, 5.74) is 2.26. The monoisotopic (exact) mass is 374 g/mol. The second kappa shape index (κ2) is 7.16. The van der Waals surface area contributed by atoms with Crippen molar-refractivity contribution in [2.24, 2.45) is 0 Å². The van der Waals surface area contributed by atoms with Crippen LogP contribution >= 0.6 is 11.3 Å². The molecule has 0 radical (unpaired) electrons. The van der Waals surface area contributed by atoms with E-state index >= 15 is 0 Å². The zero-order valence-corrected chi connectivity index (χ0v) is 15.4. The van der Waals surface area contributed by atoms with Gasteiger partial charge in [-0.15, -0.1) is 11.3 Å². The topological polar surface area (TPSA) is 67.4 Å². The summed E-state index contributed by atoms with van der Waals surface area (Å²) in [6.07, 6.45) is 0. The molecule has 0 fully saturated rings. The summed E-state index contributed by atoms with van der Waals surface area (Å²) in [7, 11) is -1.92. The number of aryl methyl sites for hydroxylation is 1. The minimum atomic E-state index is -3.54. The van der Waals surface area contributed by atoms with Gasteiger partial charge in [0.15, 0.2) is 0 Å². The van der Waals surface area contributed by atoms with Crippen LogP contribution in [0.5, 0.6) is 5.75 Å². The minimum absolute atomic E-state index is 0.309. The Morgan fingerprint density at radius 2 is 1.64 bits per heavy atom. The maximum atomic E-state index is 12.3. The maximum absolute atomic E-state index is 12.3. The number of rotatable bonds is 6. The Balaban J connectivity index is 1.71. The zero-order valence-electron chi connectivity index (χ0n) is 13.8. The van der Waals surface area contributed by atoms with E-state index in [0.29, 0.717) is 9.90 Å². The SMILES string of the molecule is COc1cccc(Nc2ccc(NS(=O)(=O)c3ccc(C)s3)cc2)c1. The summed E-state index contributed by atoms with van der Waals surface area (Å²) in [5.74, 6) is 0.764.